The summed E-state index contributed by atoms with van der Waals surface area (Å²) in [5, 5.41) is 20.3. The van der Waals surface area contributed by atoms with E-state index in [0.29, 0.717) is 39.6 Å². The Hall–Kier alpha value is -2.16. The second-order valence-corrected chi connectivity index (χ2v) is 43.4. The summed E-state index contributed by atoms with van der Waals surface area (Å²) in [6.07, 6.45) is 4.76. The number of likely N-dealkylation sites (N-methyl/N-ethyl adjacent to an activating group) is 5. The molecule has 0 amide bonds. The number of hydrogen-bond donors (Lipinski definition) is 6. The second-order valence-electron chi connectivity index (χ2n) is 38.5. The lowest BCUT2D eigenvalue weighted by Gasteiger charge is -2.27. The molecule has 0 heterocycles. The van der Waals surface area contributed by atoms with Crippen molar-refractivity contribution in [3.05, 3.63) is 87.5 Å². The first-order chi connectivity index (χ1) is 58.8. The van der Waals surface area contributed by atoms with Crippen molar-refractivity contribution < 1.29 is 28.4 Å². The zero-order valence-electron chi connectivity index (χ0n) is 83.5. The second kappa shape index (κ2) is 61.8. The standard InChI is InChI=1S/C18H32N2OS2.C17H30N2OS2.2C16H28N2OS2.C15H26N2OS2.C14H24N2OS2/c1-6-9-20(10-7-2)11-13-21-12-8-19-15-14(18(3,4)5)16(22)17(15)23;1-6-9-19(7-2)10-12-20-11-8-18-14-13(17(3,4)5)15(21)16(14)22;1-6-8-18(5)9-11-19-10-7-17-13-12(16(2,3)4)14(20)15(13)21;1-6-18(7-2)9-11-19-10-8-17-13-12(16(3,4)5)14(20)15(13)21;1-6-17(5)8-10-18-9-7-16-12-11(15(2,3)4)13(19)14(12)20;1-14(2,3)10-11(13(19)12(10)18)15-6-8-17-9-7-16(4)5/h19H,6-13H2,1-5H3;18H,6-12H2,1-5H3;2*17H,6-11H2,1-5H3;16H,6-10H2,1-5H3;15H,6-9H2,1-5H3. The fourth-order valence-corrected chi connectivity index (χ4v) is 18.6. The molecule has 0 saturated carbocycles. The Kier molecular flexibility index (Phi) is 59.7. The van der Waals surface area contributed by atoms with Gasteiger partial charge in [0.2, 0.25) is 0 Å². The smallest absolute Gasteiger partial charge is 0.0796 e. The minimum atomic E-state index is 0.0450. The molecular weight excluding hydrogens is 1800 g/mol. The van der Waals surface area contributed by atoms with Gasteiger partial charge in [-0.15, -0.1) is 0 Å². The van der Waals surface area contributed by atoms with E-state index in [1.54, 1.807) is 0 Å². The number of ether oxygens (including phenoxy) is 6. The maximum atomic E-state index is 5.76. The zero-order chi connectivity index (χ0) is 96.3. The Labute approximate surface area is 827 Å². The van der Waals surface area contributed by atoms with Crippen LogP contribution in [0, 0.1) is 54.1 Å². The van der Waals surface area contributed by atoms with Gasteiger partial charge < -0.3 is 89.7 Å². The third-order valence-electron chi connectivity index (χ3n) is 20.9. The van der Waals surface area contributed by atoms with Crippen molar-refractivity contribution in [1.29, 1.82) is 0 Å². The largest absolute Gasteiger partial charge is 0.381 e. The molecular formula is C96H168N12O6S12. The van der Waals surface area contributed by atoms with E-state index in [-0.39, 0.29) is 32.5 Å². The van der Waals surface area contributed by atoms with E-state index in [1.807, 2.05) is 14.1 Å². The van der Waals surface area contributed by atoms with E-state index >= 15 is 0 Å². The summed E-state index contributed by atoms with van der Waals surface area (Å²) in [6.45, 7) is 84.7. The molecule has 720 valence electrons. The van der Waals surface area contributed by atoms with E-state index < -0.39 is 0 Å². The quantitative estimate of drug-likeness (QED) is 0.0159. The molecule has 6 N–H and O–H groups in total. The van der Waals surface area contributed by atoms with Gasteiger partial charge in [-0.25, -0.2) is 0 Å². The summed E-state index contributed by atoms with van der Waals surface area (Å²) in [5.41, 5.74) is 13.7. The van der Waals surface area contributed by atoms with Crippen LogP contribution in [0.2, 0.25) is 0 Å². The first-order valence-electron chi connectivity index (χ1n) is 45.9. The summed E-state index contributed by atoms with van der Waals surface area (Å²) in [4.78, 5) is 13.8. The lowest BCUT2D eigenvalue weighted by atomic mass is 9.83. The van der Waals surface area contributed by atoms with Crippen LogP contribution in [0.3, 0.4) is 0 Å². The molecule has 6 aromatic rings. The average molecular weight is 1970 g/mol. The molecule has 0 unspecified atom stereocenters. The Morgan fingerprint density at radius 2 is 0.397 bits per heavy atom. The number of nitrogens with one attached hydrogen (secondary N) is 6. The molecule has 18 nitrogen and oxygen atoms in total. The van der Waals surface area contributed by atoms with Crippen molar-refractivity contribution in [3.63, 3.8) is 0 Å². The molecule has 0 radical (unpaired) electrons. The maximum Gasteiger partial charge on any atom is 0.0796 e. The molecule has 0 spiro atoms. The van der Waals surface area contributed by atoms with Gasteiger partial charge in [0.1, 0.15) is 0 Å². The molecule has 6 aromatic carbocycles. The molecule has 126 heavy (non-hydrogen) atoms. The van der Waals surface area contributed by atoms with E-state index in [4.69, 9.17) is 175 Å². The van der Waals surface area contributed by atoms with E-state index in [0.717, 1.165) is 259 Å². The molecule has 0 bridgehead atoms. The topological polar surface area (TPSA) is 147 Å². The SMILES string of the molecule is CCCN(C)CCOCCNc1c(C(C)(C)C)c(=S)c1=S.CCCN(CC)CCOCCNc1c(C(C)(C)C)c(=S)c1=S.CCCN(CCC)CCOCCNc1c(C(C)(C)C)c(=S)c1=S.CCN(C)CCOCCNc1c(C(C)(C)C)c(=S)c1=S.CCN(CC)CCOCCNc1c(C(C)(C)C)c(=S)c1=S.CN(C)CCOCCNc1c(C(C)(C)C)c(=S)c1=S. The Bertz CT molecular complexity index is 4540. The van der Waals surface area contributed by atoms with Crippen molar-refractivity contribution in [2.75, 3.05) is 270 Å². The normalized spacial score (nSPS) is 12.3. The number of hydrogen-bond acceptors (Lipinski definition) is 30. The fraction of sp³-hybridized carbons (Fsp3) is 0.750. The van der Waals surface area contributed by atoms with Crippen molar-refractivity contribution in [1.82, 2.24) is 29.4 Å². The average Bonchev–Trinajstić information content (AvgIpc) is 0.791. The van der Waals surface area contributed by atoms with Gasteiger partial charge in [-0.05, 0) is 139 Å². The molecule has 0 atom stereocenters. The van der Waals surface area contributed by atoms with Crippen LogP contribution in [-0.4, -0.2) is 268 Å². The van der Waals surface area contributed by atoms with Gasteiger partial charge in [0.25, 0.3) is 0 Å². The van der Waals surface area contributed by atoms with E-state index in [2.05, 4.69) is 255 Å². The third-order valence-corrected chi connectivity index (χ3v) is 26.6. The molecule has 6 rings (SSSR count). The fourth-order valence-electron chi connectivity index (χ4n) is 13.9. The van der Waals surface area contributed by atoms with Gasteiger partial charge in [0.15, 0.2) is 0 Å². The Morgan fingerprint density at radius 1 is 0.206 bits per heavy atom. The van der Waals surface area contributed by atoms with Crippen molar-refractivity contribution in [2.24, 2.45) is 0 Å². The first-order valence-corrected chi connectivity index (χ1v) is 50.8. The molecule has 0 fully saturated rings. The Balaban J connectivity index is 0.000000757. The highest BCUT2D eigenvalue weighted by Gasteiger charge is 2.31. The van der Waals surface area contributed by atoms with Gasteiger partial charge in [-0.3, -0.25) is 0 Å². The van der Waals surface area contributed by atoms with Gasteiger partial charge >= 0.3 is 0 Å². The monoisotopic (exact) mass is 1970 g/mol. The van der Waals surface area contributed by atoms with Crippen LogP contribution < -0.4 is 31.9 Å². The van der Waals surface area contributed by atoms with Crippen LogP contribution in [-0.2, 0) is 60.9 Å². The molecule has 0 aliphatic carbocycles. The van der Waals surface area contributed by atoms with Crippen LogP contribution in [0.5, 0.6) is 0 Å². The van der Waals surface area contributed by atoms with Crippen LogP contribution >= 0.6 is 147 Å². The molecule has 0 aromatic heterocycles. The summed E-state index contributed by atoms with van der Waals surface area (Å²) >= 11 is 64.1. The van der Waals surface area contributed by atoms with Crippen LogP contribution in [0.15, 0.2) is 0 Å². The highest BCUT2D eigenvalue weighted by atomic mass is 32.1. The van der Waals surface area contributed by atoms with Crippen molar-refractivity contribution in [2.45, 2.75) is 238 Å². The van der Waals surface area contributed by atoms with E-state index in [9.17, 15) is 0 Å². The predicted molar refractivity (Wildman–Crippen MR) is 578 cm³/mol. The minimum absolute atomic E-state index is 0.0450. The minimum Gasteiger partial charge on any atom is -0.381 e. The highest BCUT2D eigenvalue weighted by Crippen LogP contribution is 2.42. The zero-order valence-corrected chi connectivity index (χ0v) is 93.3. The van der Waals surface area contributed by atoms with Gasteiger partial charge in [-0.2, -0.15) is 0 Å². The predicted octanol–water partition coefficient (Wildman–Crippen LogP) is 24.5. The number of nitrogens with zero attached hydrogens (tertiary/aromatic N) is 6. The molecule has 0 aliphatic rings. The van der Waals surface area contributed by atoms with Gasteiger partial charge in [0.05, 0.1) is 168 Å². The molecule has 0 saturated heterocycles. The number of rotatable bonds is 54. The first kappa shape index (κ1) is 122. The van der Waals surface area contributed by atoms with Gasteiger partial charge in [0, 0.05) is 112 Å². The molecule has 0 aliphatic heterocycles. The summed E-state index contributed by atoms with van der Waals surface area (Å²) in [7, 11) is 8.29. The summed E-state index contributed by atoms with van der Waals surface area (Å²) < 4.78 is 43.8. The lowest BCUT2D eigenvalue weighted by Crippen LogP contribution is -2.29. The summed E-state index contributed by atoms with van der Waals surface area (Å²) in [6, 6.07) is 0. The van der Waals surface area contributed by atoms with Gasteiger partial charge in [-0.1, -0.05) is 327 Å². The maximum absolute atomic E-state index is 5.76. The van der Waals surface area contributed by atoms with Crippen LogP contribution in [0.25, 0.3) is 0 Å². The van der Waals surface area contributed by atoms with Crippen LogP contribution in [0.4, 0.5) is 34.1 Å². The van der Waals surface area contributed by atoms with Crippen molar-refractivity contribution in [3.8, 4) is 0 Å². The summed E-state index contributed by atoms with van der Waals surface area (Å²) in [5.74, 6) is 0. The Morgan fingerprint density at radius 3 is 0.595 bits per heavy atom. The van der Waals surface area contributed by atoms with E-state index in [1.165, 1.54) is 59.1 Å². The number of anilines is 6. The van der Waals surface area contributed by atoms with Crippen LogP contribution in [0.1, 0.15) is 239 Å². The molecule has 30 heteroatoms. The van der Waals surface area contributed by atoms with Crippen molar-refractivity contribution >= 4 is 181 Å². The lowest BCUT2D eigenvalue weighted by molar-refractivity contribution is 0.111. The highest BCUT2D eigenvalue weighted by molar-refractivity contribution is 7.75. The third kappa shape index (κ3) is 42.8.